The van der Waals surface area contributed by atoms with E-state index in [-0.39, 0.29) is 0 Å². The third-order valence-electron chi connectivity index (χ3n) is 7.43. The van der Waals surface area contributed by atoms with Crippen molar-refractivity contribution in [2.45, 2.75) is 187 Å². The first-order chi connectivity index (χ1) is 17.6. The second-order valence-electron chi connectivity index (χ2n) is 10.9. The molecule has 0 bridgehead atoms. The van der Waals surface area contributed by atoms with E-state index < -0.39 is 9.15 Å². The molecule has 0 aromatic rings. The van der Waals surface area contributed by atoms with Gasteiger partial charge in [0.15, 0.2) is 0 Å². The van der Waals surface area contributed by atoms with E-state index in [0.29, 0.717) is 6.61 Å². The van der Waals surface area contributed by atoms with E-state index in [1.165, 1.54) is 173 Å². The van der Waals surface area contributed by atoms with E-state index in [0.717, 1.165) is 23.6 Å². The maximum Gasteiger partial charge on any atom is 0.321 e. The summed E-state index contributed by atoms with van der Waals surface area (Å²) < 4.78 is 27.3. The van der Waals surface area contributed by atoms with Gasteiger partial charge in [0, 0.05) is 0 Å². The smallest absolute Gasteiger partial charge is 0.262 e. The first-order valence-corrected chi connectivity index (χ1v) is 19.2. The lowest BCUT2D eigenvalue weighted by atomic mass is 10.0. The Hall–Kier alpha value is 0.260. The minimum absolute atomic E-state index is 0.336. The highest BCUT2D eigenvalue weighted by atomic mass is 33.1. The summed E-state index contributed by atoms with van der Waals surface area (Å²) in [4.78, 5) is 0. The van der Waals surface area contributed by atoms with Crippen LogP contribution in [0, 0.1) is 0 Å². The largest absolute Gasteiger partial charge is 0.321 e. The van der Waals surface area contributed by atoms with Crippen molar-refractivity contribution in [3.63, 3.8) is 0 Å². The van der Waals surface area contributed by atoms with Crippen molar-refractivity contribution in [2.75, 3.05) is 12.9 Å². The van der Waals surface area contributed by atoms with Crippen LogP contribution in [0.1, 0.15) is 187 Å². The molecule has 218 valence electrons. The van der Waals surface area contributed by atoms with E-state index >= 15 is 0 Å². The molecule has 0 rings (SSSR count). The molecule has 0 saturated carbocycles. The van der Waals surface area contributed by atoms with Crippen LogP contribution in [0.5, 0.6) is 0 Å². The van der Waals surface area contributed by atoms with Gasteiger partial charge in [0.2, 0.25) is 0 Å². The van der Waals surface area contributed by atoms with Gasteiger partial charge in [-0.05, 0) is 23.5 Å². The van der Waals surface area contributed by atoms with Crippen molar-refractivity contribution in [2.24, 2.45) is 0 Å². The van der Waals surface area contributed by atoms with E-state index in [1.54, 1.807) is 0 Å². The van der Waals surface area contributed by atoms with Gasteiger partial charge in [-0.25, -0.2) is 0 Å². The lowest BCUT2D eigenvalue weighted by Crippen LogP contribution is -2.01. The Balaban J connectivity index is 3.06. The Bertz CT molecular complexity index is 508. The first kappa shape index (κ1) is 36.3. The molecule has 0 radical (unpaired) electrons. The molecule has 0 fully saturated rings. The number of unbranched alkanes of at least 4 members (excludes halogenated alkanes) is 27. The van der Waals surface area contributed by atoms with Crippen molar-refractivity contribution in [3.05, 3.63) is 0 Å². The summed E-state index contributed by atoms with van der Waals surface area (Å²) in [5.74, 6) is 0. The molecule has 0 atom stereocenters. The van der Waals surface area contributed by atoms with E-state index in [4.69, 9.17) is 4.18 Å². The molecule has 3 nitrogen and oxygen atoms in total. The summed E-state index contributed by atoms with van der Waals surface area (Å²) in [5, 5.41) is 0. The molecule has 0 aliphatic carbocycles. The van der Waals surface area contributed by atoms with Crippen molar-refractivity contribution in [1.29, 1.82) is 0 Å². The summed E-state index contributed by atoms with van der Waals surface area (Å²) in [7, 11) is -2.56. The minimum atomic E-state index is -3.33. The third kappa shape index (κ3) is 30.5. The Kier molecular flexibility index (Phi) is 30.0. The maximum absolute atomic E-state index is 11.2. The van der Waals surface area contributed by atoms with Crippen LogP contribution in [0.3, 0.4) is 0 Å². The molecule has 0 spiro atoms. The fraction of sp³-hybridized carbons (Fsp3) is 1.00. The van der Waals surface area contributed by atoms with Gasteiger partial charge in [0.1, 0.15) is 0 Å². The predicted octanol–water partition coefficient (Wildman–Crippen LogP) is 11.6. The zero-order valence-electron chi connectivity index (χ0n) is 24.5. The van der Waals surface area contributed by atoms with Gasteiger partial charge in [-0.3, -0.25) is 4.18 Å². The first-order valence-electron chi connectivity index (χ1n) is 16.1. The molecule has 0 aliphatic rings. The highest BCUT2D eigenvalue weighted by Crippen LogP contribution is 2.16. The molecule has 0 aromatic heterocycles. The summed E-state index contributed by atoms with van der Waals surface area (Å²) in [6.07, 6.45) is 40.4. The molecular weight excluding hydrogens is 484 g/mol. The molecule has 5 heteroatoms. The van der Waals surface area contributed by atoms with Crippen LogP contribution < -0.4 is 0 Å². The van der Waals surface area contributed by atoms with E-state index in [9.17, 15) is 8.42 Å². The molecule has 0 N–H and O–H groups in total. The zero-order valence-corrected chi connectivity index (χ0v) is 26.2. The average molecular weight is 549 g/mol. The van der Waals surface area contributed by atoms with Gasteiger partial charge in [-0.15, -0.1) is 0 Å². The van der Waals surface area contributed by atoms with Gasteiger partial charge < -0.3 is 0 Å². The van der Waals surface area contributed by atoms with Crippen LogP contribution in [-0.2, 0) is 13.3 Å². The summed E-state index contributed by atoms with van der Waals surface area (Å²) in [6.45, 7) is 2.63. The quantitative estimate of drug-likeness (QED) is 0.0638. The second kappa shape index (κ2) is 29.8. The average Bonchev–Trinajstić information content (AvgIpc) is 2.87. The van der Waals surface area contributed by atoms with Crippen molar-refractivity contribution in [1.82, 2.24) is 0 Å². The van der Waals surface area contributed by atoms with Crippen LogP contribution >= 0.6 is 10.8 Å². The van der Waals surface area contributed by atoms with E-state index in [1.807, 2.05) is 0 Å². The Morgan fingerprint density at radius 2 is 0.639 bits per heavy atom. The van der Waals surface area contributed by atoms with Gasteiger partial charge in [-0.1, -0.05) is 180 Å². The van der Waals surface area contributed by atoms with Crippen LogP contribution in [0.4, 0.5) is 0 Å². The zero-order chi connectivity index (χ0) is 26.4. The van der Waals surface area contributed by atoms with Gasteiger partial charge in [0.25, 0.3) is 0 Å². The lowest BCUT2D eigenvalue weighted by Gasteiger charge is -2.05. The molecular formula is C31H64O3S2. The highest BCUT2D eigenvalue weighted by molar-refractivity contribution is 8.70. The molecule has 0 aromatic carbocycles. The van der Waals surface area contributed by atoms with Crippen molar-refractivity contribution in [3.8, 4) is 0 Å². The number of hydrogen-bond donors (Lipinski definition) is 0. The normalized spacial score (nSPS) is 11.9. The summed E-state index contributed by atoms with van der Waals surface area (Å²) in [6, 6.07) is 0. The maximum atomic E-state index is 11.2. The topological polar surface area (TPSA) is 43.4 Å². The molecule has 0 heterocycles. The molecule has 0 aliphatic heterocycles. The number of rotatable bonds is 31. The summed E-state index contributed by atoms with van der Waals surface area (Å²) in [5.41, 5.74) is 0. The monoisotopic (exact) mass is 548 g/mol. The van der Waals surface area contributed by atoms with Crippen molar-refractivity contribution >= 4 is 19.9 Å². The Morgan fingerprint density at radius 3 is 0.861 bits per heavy atom. The Morgan fingerprint density at radius 1 is 0.417 bits per heavy atom. The van der Waals surface area contributed by atoms with Gasteiger partial charge >= 0.3 is 9.15 Å². The van der Waals surface area contributed by atoms with Crippen LogP contribution in [0.15, 0.2) is 0 Å². The lowest BCUT2D eigenvalue weighted by molar-refractivity contribution is 0.316. The molecule has 0 amide bonds. The van der Waals surface area contributed by atoms with Gasteiger partial charge in [-0.2, -0.15) is 8.42 Å². The van der Waals surface area contributed by atoms with Crippen LogP contribution in [-0.4, -0.2) is 21.3 Å². The molecule has 0 unspecified atom stereocenters. The van der Waals surface area contributed by atoms with Crippen LogP contribution in [0.2, 0.25) is 0 Å². The van der Waals surface area contributed by atoms with Crippen molar-refractivity contribution < 1.29 is 12.6 Å². The summed E-state index contributed by atoms with van der Waals surface area (Å²) >= 11 is 0. The minimum Gasteiger partial charge on any atom is -0.262 e. The number of hydrogen-bond acceptors (Lipinski definition) is 4. The van der Waals surface area contributed by atoms with Crippen LogP contribution in [0.25, 0.3) is 0 Å². The molecule has 0 saturated heterocycles. The van der Waals surface area contributed by atoms with E-state index in [2.05, 4.69) is 6.92 Å². The van der Waals surface area contributed by atoms with Gasteiger partial charge in [0.05, 0.1) is 6.61 Å². The fourth-order valence-corrected chi connectivity index (χ4v) is 5.89. The Labute approximate surface area is 231 Å². The molecule has 36 heavy (non-hydrogen) atoms. The predicted molar refractivity (Wildman–Crippen MR) is 163 cm³/mol. The highest BCUT2D eigenvalue weighted by Gasteiger charge is 2.07. The standard InChI is InChI=1S/C31H64O3S2/c1-3-4-5-6-7-8-9-10-11-12-13-14-15-16-17-18-19-20-21-22-23-24-25-26-27-28-29-30-31-34-36(32,33)35-2/h3-31H2,1-2H3. The second-order valence-corrected chi connectivity index (χ2v) is 14.6. The fourth-order valence-electron chi connectivity index (χ4n) is 4.98. The third-order valence-corrected chi connectivity index (χ3v) is 9.81. The SMILES string of the molecule is CCCCCCCCCCCCCCCCCCCCCCCCCCCCCCOS(=O)(=O)SC.